The molecule has 1 fully saturated rings. The number of hydrogen-bond acceptors (Lipinski definition) is 2. The van der Waals surface area contributed by atoms with Gasteiger partial charge in [-0.25, -0.2) is 0 Å². The highest BCUT2D eigenvalue weighted by atomic mass is 15.2. The quantitative estimate of drug-likeness (QED) is 0.829. The molecular formula is C16H26N2. The lowest BCUT2D eigenvalue weighted by molar-refractivity contribution is 0.607. The maximum absolute atomic E-state index is 6.06. The monoisotopic (exact) mass is 246 g/mol. The summed E-state index contributed by atoms with van der Waals surface area (Å²) in [4.78, 5) is 2.56. The van der Waals surface area contributed by atoms with Crippen molar-refractivity contribution in [3.8, 4) is 0 Å². The number of hydrogen-bond donors (Lipinski definition) is 1. The van der Waals surface area contributed by atoms with Crippen LogP contribution in [0, 0.1) is 5.92 Å². The molecule has 2 rings (SSSR count). The molecule has 1 aromatic rings. The summed E-state index contributed by atoms with van der Waals surface area (Å²) in [6.45, 7) is 7.87. The van der Waals surface area contributed by atoms with Crippen LogP contribution in [-0.2, 0) is 0 Å². The van der Waals surface area contributed by atoms with E-state index in [4.69, 9.17) is 5.73 Å². The van der Waals surface area contributed by atoms with E-state index >= 15 is 0 Å². The zero-order valence-corrected chi connectivity index (χ0v) is 11.9. The summed E-state index contributed by atoms with van der Waals surface area (Å²) in [6.07, 6.45) is 3.70. The van der Waals surface area contributed by atoms with E-state index < -0.39 is 0 Å². The summed E-state index contributed by atoms with van der Waals surface area (Å²) in [5.74, 6) is 0.711. The summed E-state index contributed by atoms with van der Waals surface area (Å²) in [6, 6.07) is 9.83. The second-order valence-electron chi connectivity index (χ2n) is 5.88. The van der Waals surface area contributed by atoms with Crippen LogP contribution in [0.4, 0.5) is 5.69 Å². The topological polar surface area (TPSA) is 29.3 Å². The van der Waals surface area contributed by atoms with Gasteiger partial charge in [0.25, 0.3) is 0 Å². The molecule has 0 aliphatic heterocycles. The molecule has 100 valence electrons. The fourth-order valence-corrected chi connectivity index (χ4v) is 2.39. The second-order valence-corrected chi connectivity index (χ2v) is 5.88. The average molecular weight is 246 g/mol. The van der Waals surface area contributed by atoms with Crippen LogP contribution in [-0.4, -0.2) is 12.6 Å². The predicted molar refractivity (Wildman–Crippen MR) is 78.9 cm³/mol. The molecule has 0 amide bonds. The van der Waals surface area contributed by atoms with Crippen molar-refractivity contribution in [3.63, 3.8) is 0 Å². The first-order valence-corrected chi connectivity index (χ1v) is 7.24. The van der Waals surface area contributed by atoms with Crippen LogP contribution in [0.25, 0.3) is 0 Å². The fraction of sp³-hybridized carbons (Fsp3) is 0.625. The normalized spacial score (nSPS) is 16.9. The first-order valence-electron chi connectivity index (χ1n) is 7.24. The maximum Gasteiger partial charge on any atom is 0.0369 e. The molecule has 1 aromatic carbocycles. The molecule has 0 spiro atoms. The molecule has 2 nitrogen and oxygen atoms in total. The van der Waals surface area contributed by atoms with E-state index in [-0.39, 0.29) is 6.04 Å². The van der Waals surface area contributed by atoms with Gasteiger partial charge in [-0.15, -0.1) is 0 Å². The van der Waals surface area contributed by atoms with Crippen LogP contribution in [0.1, 0.15) is 51.6 Å². The molecule has 0 radical (unpaired) electrons. The van der Waals surface area contributed by atoms with Gasteiger partial charge in [0, 0.05) is 24.3 Å². The lowest BCUT2D eigenvalue weighted by Crippen LogP contribution is -2.29. The fourth-order valence-electron chi connectivity index (χ4n) is 2.39. The standard InChI is InChI=1S/C16H26N2/c1-4-16(17)13-5-7-14(8-6-13)18(11-12(2)3)15-9-10-15/h5-8,12,15-16H,4,9-11,17H2,1-3H3/t16-/m1/s1. The Morgan fingerprint density at radius 2 is 1.83 bits per heavy atom. The zero-order chi connectivity index (χ0) is 13.1. The Kier molecular flexibility index (Phi) is 4.28. The Bertz CT molecular complexity index is 365. The summed E-state index contributed by atoms with van der Waals surface area (Å²) < 4.78 is 0. The number of nitrogens with zero attached hydrogens (tertiary/aromatic N) is 1. The van der Waals surface area contributed by atoms with Gasteiger partial charge in [-0.05, 0) is 42.9 Å². The molecule has 0 bridgehead atoms. The van der Waals surface area contributed by atoms with Crippen molar-refractivity contribution < 1.29 is 0 Å². The number of nitrogens with two attached hydrogens (primary N) is 1. The van der Waals surface area contributed by atoms with Gasteiger partial charge in [0.1, 0.15) is 0 Å². The molecule has 0 unspecified atom stereocenters. The van der Waals surface area contributed by atoms with Gasteiger partial charge in [-0.2, -0.15) is 0 Å². The van der Waals surface area contributed by atoms with Crippen LogP contribution < -0.4 is 10.6 Å². The highest BCUT2D eigenvalue weighted by Crippen LogP contribution is 2.32. The van der Waals surface area contributed by atoms with E-state index in [9.17, 15) is 0 Å². The lowest BCUT2D eigenvalue weighted by Gasteiger charge is -2.27. The van der Waals surface area contributed by atoms with Gasteiger partial charge in [0.15, 0.2) is 0 Å². The molecule has 2 heteroatoms. The molecule has 0 aromatic heterocycles. The minimum atomic E-state index is 0.179. The minimum absolute atomic E-state index is 0.179. The van der Waals surface area contributed by atoms with E-state index in [1.807, 2.05) is 0 Å². The largest absolute Gasteiger partial charge is 0.368 e. The maximum atomic E-state index is 6.06. The Hall–Kier alpha value is -1.02. The lowest BCUT2D eigenvalue weighted by atomic mass is 10.0. The van der Waals surface area contributed by atoms with Crippen molar-refractivity contribution in [1.82, 2.24) is 0 Å². The highest BCUT2D eigenvalue weighted by Gasteiger charge is 2.29. The summed E-state index contributed by atoms with van der Waals surface area (Å²) >= 11 is 0. The molecule has 2 N–H and O–H groups in total. The molecule has 18 heavy (non-hydrogen) atoms. The number of rotatable bonds is 6. The molecule has 0 saturated heterocycles. The smallest absolute Gasteiger partial charge is 0.0369 e. The summed E-state index contributed by atoms with van der Waals surface area (Å²) in [5, 5.41) is 0. The Morgan fingerprint density at radius 1 is 1.22 bits per heavy atom. The van der Waals surface area contributed by atoms with Crippen molar-refractivity contribution in [2.75, 3.05) is 11.4 Å². The van der Waals surface area contributed by atoms with Gasteiger partial charge in [-0.1, -0.05) is 32.9 Å². The molecular weight excluding hydrogens is 220 g/mol. The van der Waals surface area contributed by atoms with E-state index in [0.717, 1.165) is 19.0 Å². The van der Waals surface area contributed by atoms with E-state index in [2.05, 4.69) is 49.9 Å². The number of benzene rings is 1. The zero-order valence-electron chi connectivity index (χ0n) is 11.9. The summed E-state index contributed by atoms with van der Waals surface area (Å²) in [5.41, 5.74) is 8.67. The Morgan fingerprint density at radius 3 is 2.28 bits per heavy atom. The van der Waals surface area contributed by atoms with Crippen LogP contribution in [0.2, 0.25) is 0 Å². The first-order chi connectivity index (χ1) is 8.61. The van der Waals surface area contributed by atoms with Crippen molar-refractivity contribution in [1.29, 1.82) is 0 Å². The molecule has 1 aliphatic carbocycles. The third-order valence-corrected chi connectivity index (χ3v) is 3.64. The second kappa shape index (κ2) is 5.75. The van der Waals surface area contributed by atoms with E-state index in [1.54, 1.807) is 0 Å². The van der Waals surface area contributed by atoms with Crippen molar-refractivity contribution in [2.45, 2.75) is 52.1 Å². The van der Waals surface area contributed by atoms with Crippen LogP contribution in [0.15, 0.2) is 24.3 Å². The minimum Gasteiger partial charge on any atom is -0.368 e. The first kappa shape index (κ1) is 13.4. The molecule has 0 heterocycles. The van der Waals surface area contributed by atoms with Crippen LogP contribution in [0.5, 0.6) is 0 Å². The third-order valence-electron chi connectivity index (χ3n) is 3.64. The SMILES string of the molecule is CC[C@@H](N)c1ccc(N(CC(C)C)C2CC2)cc1. The van der Waals surface area contributed by atoms with Gasteiger partial charge in [0.05, 0.1) is 0 Å². The van der Waals surface area contributed by atoms with Crippen molar-refractivity contribution in [2.24, 2.45) is 11.7 Å². The highest BCUT2D eigenvalue weighted by molar-refractivity contribution is 5.50. The van der Waals surface area contributed by atoms with Gasteiger partial charge in [-0.3, -0.25) is 0 Å². The van der Waals surface area contributed by atoms with Crippen molar-refractivity contribution >= 4 is 5.69 Å². The van der Waals surface area contributed by atoms with Gasteiger partial charge in [0.2, 0.25) is 0 Å². The molecule has 1 aliphatic rings. The van der Waals surface area contributed by atoms with Gasteiger partial charge >= 0.3 is 0 Å². The Balaban J connectivity index is 2.10. The van der Waals surface area contributed by atoms with Crippen molar-refractivity contribution in [3.05, 3.63) is 29.8 Å². The molecule has 1 saturated carbocycles. The van der Waals surface area contributed by atoms with Gasteiger partial charge < -0.3 is 10.6 Å². The predicted octanol–water partition coefficient (Wildman–Crippen LogP) is 3.72. The molecule has 1 atom stereocenters. The number of anilines is 1. The van der Waals surface area contributed by atoms with Crippen LogP contribution >= 0.6 is 0 Å². The van der Waals surface area contributed by atoms with E-state index in [1.165, 1.54) is 24.1 Å². The Labute approximate surface area is 111 Å². The average Bonchev–Trinajstić information content (AvgIpc) is 3.19. The van der Waals surface area contributed by atoms with E-state index in [0.29, 0.717) is 5.92 Å². The summed E-state index contributed by atoms with van der Waals surface area (Å²) in [7, 11) is 0. The van der Waals surface area contributed by atoms with Crippen LogP contribution in [0.3, 0.4) is 0 Å². The third kappa shape index (κ3) is 3.26.